The number of hydrogen-bond acceptors (Lipinski definition) is 8. The molecule has 0 aliphatic carbocycles. The van der Waals surface area contributed by atoms with Crippen molar-refractivity contribution in [3.8, 4) is 5.69 Å². The van der Waals surface area contributed by atoms with Crippen molar-refractivity contribution in [2.45, 2.75) is 20.7 Å². The summed E-state index contributed by atoms with van der Waals surface area (Å²) >= 11 is 1.09. The first-order valence-electron chi connectivity index (χ1n) is 10.5. The molecule has 1 amide bonds. The molecule has 0 spiro atoms. The van der Waals surface area contributed by atoms with Gasteiger partial charge in [-0.05, 0) is 48.5 Å². The maximum absolute atomic E-state index is 13.0. The molecule has 1 heterocycles. The number of hydrogen-bond donors (Lipinski definition) is 2. The number of rotatable bonds is 9. The van der Waals surface area contributed by atoms with Crippen LogP contribution in [0.5, 0.6) is 0 Å². The third-order valence-electron chi connectivity index (χ3n) is 4.94. The number of nitrogens with zero attached hydrogens (tertiary/aromatic N) is 3. The lowest BCUT2D eigenvalue weighted by molar-refractivity contribution is -0.113. The molecular weight excluding hydrogens is 522 g/mol. The summed E-state index contributed by atoms with van der Waals surface area (Å²) in [5.74, 6) is -0.578. The van der Waals surface area contributed by atoms with E-state index in [1.807, 2.05) is 6.07 Å². The van der Waals surface area contributed by atoms with Gasteiger partial charge in [0, 0.05) is 11.4 Å². The van der Waals surface area contributed by atoms with Crippen LogP contribution in [0.3, 0.4) is 0 Å². The van der Waals surface area contributed by atoms with Gasteiger partial charge in [0.15, 0.2) is 20.8 Å². The lowest BCUT2D eigenvalue weighted by Crippen LogP contribution is -2.16. The Kier molecular flexibility index (Phi) is 7.54. The molecule has 0 bridgehead atoms. The smallest absolute Gasteiger partial charge is 0.238 e. The quantitative estimate of drug-likeness (QED) is 0.305. The number of amides is 1. The molecular formula is C23H21N5O5S3. The number of anilines is 1. The van der Waals surface area contributed by atoms with Crippen molar-refractivity contribution in [2.24, 2.45) is 5.14 Å². The summed E-state index contributed by atoms with van der Waals surface area (Å²) in [5, 5.41) is 16.3. The highest BCUT2D eigenvalue weighted by Crippen LogP contribution is 2.25. The summed E-state index contributed by atoms with van der Waals surface area (Å²) in [5.41, 5.74) is 1.05. The summed E-state index contributed by atoms with van der Waals surface area (Å²) in [6.45, 7) is 0. The Morgan fingerprint density at radius 1 is 0.833 bits per heavy atom. The average Bonchev–Trinajstić information content (AvgIpc) is 3.25. The van der Waals surface area contributed by atoms with Crippen LogP contribution in [0.15, 0.2) is 99.9 Å². The van der Waals surface area contributed by atoms with Crippen LogP contribution >= 0.6 is 11.8 Å². The van der Waals surface area contributed by atoms with Gasteiger partial charge in [-0.15, -0.1) is 10.2 Å². The van der Waals surface area contributed by atoms with Gasteiger partial charge in [0.1, 0.15) is 5.75 Å². The van der Waals surface area contributed by atoms with E-state index >= 15 is 0 Å². The van der Waals surface area contributed by atoms with Crippen molar-refractivity contribution >= 4 is 43.2 Å². The molecule has 0 saturated heterocycles. The number of primary sulfonamides is 1. The largest absolute Gasteiger partial charge is 0.325 e. The fraction of sp³-hybridized carbons (Fsp3) is 0.0870. The van der Waals surface area contributed by atoms with Gasteiger partial charge in [-0.2, -0.15) is 0 Å². The highest BCUT2D eigenvalue weighted by Gasteiger charge is 2.23. The Balaban J connectivity index is 1.53. The predicted octanol–water partition coefficient (Wildman–Crippen LogP) is 2.62. The van der Waals surface area contributed by atoms with E-state index in [9.17, 15) is 21.6 Å². The average molecular weight is 544 g/mol. The van der Waals surface area contributed by atoms with Crippen LogP contribution in [0.25, 0.3) is 5.69 Å². The van der Waals surface area contributed by atoms with Crippen LogP contribution in [-0.2, 0) is 30.4 Å². The van der Waals surface area contributed by atoms with E-state index in [-0.39, 0.29) is 33.0 Å². The number of para-hydroxylation sites is 1. The van der Waals surface area contributed by atoms with E-state index in [2.05, 4.69) is 15.5 Å². The molecule has 10 nitrogen and oxygen atoms in total. The van der Waals surface area contributed by atoms with Gasteiger partial charge < -0.3 is 5.32 Å². The van der Waals surface area contributed by atoms with Crippen molar-refractivity contribution in [1.29, 1.82) is 0 Å². The first-order chi connectivity index (χ1) is 17.1. The van der Waals surface area contributed by atoms with Gasteiger partial charge >= 0.3 is 0 Å². The summed E-state index contributed by atoms with van der Waals surface area (Å²) in [6.07, 6.45) is 0. The number of aromatic nitrogens is 3. The van der Waals surface area contributed by atoms with Crippen LogP contribution in [0, 0.1) is 0 Å². The van der Waals surface area contributed by atoms with E-state index in [1.54, 1.807) is 47.0 Å². The minimum Gasteiger partial charge on any atom is -0.325 e. The molecule has 0 radical (unpaired) electrons. The van der Waals surface area contributed by atoms with E-state index in [1.165, 1.54) is 36.4 Å². The molecule has 4 rings (SSSR count). The molecule has 36 heavy (non-hydrogen) atoms. The topological polar surface area (TPSA) is 154 Å². The summed E-state index contributed by atoms with van der Waals surface area (Å²) in [4.78, 5) is 12.6. The maximum Gasteiger partial charge on any atom is 0.238 e. The highest BCUT2D eigenvalue weighted by atomic mass is 32.2. The SMILES string of the molecule is NS(=O)(=O)c1ccc(NC(=O)CSc2nnc(CS(=O)(=O)c3ccccc3)n2-c2ccccc2)cc1. The van der Waals surface area contributed by atoms with Crippen LogP contribution in [0.1, 0.15) is 5.82 Å². The second kappa shape index (κ2) is 10.6. The number of nitrogens with one attached hydrogen (secondary N) is 1. The number of benzene rings is 3. The molecule has 13 heteroatoms. The highest BCUT2D eigenvalue weighted by molar-refractivity contribution is 7.99. The van der Waals surface area contributed by atoms with Crippen LogP contribution < -0.4 is 10.5 Å². The standard InChI is InChI=1S/C23H21N5O5S3/c24-36(32,33)20-13-11-17(12-14-20)25-22(29)15-34-23-27-26-21(28(23)18-7-3-1-4-8-18)16-35(30,31)19-9-5-2-6-10-19/h1-14H,15-16H2,(H,25,29)(H2,24,32,33). The third kappa shape index (κ3) is 6.18. The molecule has 0 saturated carbocycles. The summed E-state index contributed by atoms with van der Waals surface area (Å²) in [7, 11) is -7.51. The minimum absolute atomic E-state index is 0.0483. The van der Waals surface area contributed by atoms with Crippen molar-refractivity contribution in [2.75, 3.05) is 11.1 Å². The van der Waals surface area contributed by atoms with Gasteiger partial charge in [-0.25, -0.2) is 22.0 Å². The third-order valence-corrected chi connectivity index (χ3v) is 8.42. The van der Waals surface area contributed by atoms with Gasteiger partial charge in [0.05, 0.1) is 15.5 Å². The van der Waals surface area contributed by atoms with Crippen molar-refractivity contribution in [3.63, 3.8) is 0 Å². The number of carbonyl (C=O) groups is 1. The number of sulfonamides is 1. The number of sulfone groups is 1. The maximum atomic E-state index is 13.0. The van der Waals surface area contributed by atoms with Crippen LogP contribution in [0.4, 0.5) is 5.69 Å². The molecule has 0 aliphatic heterocycles. The van der Waals surface area contributed by atoms with Gasteiger partial charge in [-0.3, -0.25) is 9.36 Å². The number of carbonyl (C=O) groups excluding carboxylic acids is 1. The van der Waals surface area contributed by atoms with Crippen molar-refractivity contribution < 1.29 is 21.6 Å². The molecule has 0 fully saturated rings. The molecule has 3 N–H and O–H groups in total. The zero-order valence-electron chi connectivity index (χ0n) is 18.7. The van der Waals surface area contributed by atoms with E-state index in [4.69, 9.17) is 5.14 Å². The fourth-order valence-electron chi connectivity index (χ4n) is 3.26. The summed E-state index contributed by atoms with van der Waals surface area (Å²) < 4.78 is 50.3. The molecule has 3 aromatic carbocycles. The van der Waals surface area contributed by atoms with Crippen LogP contribution in [-0.4, -0.2) is 43.3 Å². The van der Waals surface area contributed by atoms with E-state index in [0.717, 1.165) is 11.8 Å². The second-order valence-corrected chi connectivity index (χ2v) is 12.0. The monoisotopic (exact) mass is 543 g/mol. The zero-order chi connectivity index (χ0) is 25.8. The van der Waals surface area contributed by atoms with E-state index < -0.39 is 19.9 Å². The zero-order valence-corrected chi connectivity index (χ0v) is 21.1. The normalized spacial score (nSPS) is 11.8. The Morgan fingerprint density at radius 2 is 1.44 bits per heavy atom. The Hall–Kier alpha value is -3.52. The first-order valence-corrected chi connectivity index (χ1v) is 14.6. The molecule has 1 aromatic heterocycles. The first kappa shape index (κ1) is 25.6. The van der Waals surface area contributed by atoms with E-state index in [0.29, 0.717) is 16.5 Å². The Labute approximate surface area is 212 Å². The predicted molar refractivity (Wildman–Crippen MR) is 136 cm³/mol. The molecule has 4 aromatic rings. The van der Waals surface area contributed by atoms with Gasteiger partial charge in [-0.1, -0.05) is 48.2 Å². The van der Waals surface area contributed by atoms with Gasteiger partial charge in [0.2, 0.25) is 15.9 Å². The van der Waals surface area contributed by atoms with Gasteiger partial charge in [0.25, 0.3) is 0 Å². The van der Waals surface area contributed by atoms with Crippen LogP contribution in [0.2, 0.25) is 0 Å². The lowest BCUT2D eigenvalue weighted by Gasteiger charge is -2.11. The van der Waals surface area contributed by atoms with Crippen molar-refractivity contribution in [3.05, 3.63) is 90.8 Å². The fourth-order valence-corrected chi connectivity index (χ4v) is 5.81. The molecule has 0 aliphatic rings. The number of nitrogens with two attached hydrogens (primary N) is 1. The van der Waals surface area contributed by atoms with Crippen molar-refractivity contribution in [1.82, 2.24) is 14.8 Å². The Morgan fingerprint density at radius 3 is 2.06 bits per heavy atom. The second-order valence-electron chi connectivity index (χ2n) is 7.55. The minimum atomic E-state index is -3.83. The lowest BCUT2D eigenvalue weighted by atomic mass is 10.3. The molecule has 186 valence electrons. The summed E-state index contributed by atoms with van der Waals surface area (Å²) in [6, 6.07) is 22.5. The molecule has 0 atom stereocenters. The molecule has 0 unspecified atom stereocenters. The Bertz CT molecular complexity index is 1570. The number of thioether (sulfide) groups is 1.